The summed E-state index contributed by atoms with van der Waals surface area (Å²) in [5.74, 6) is 0.676. The Bertz CT molecular complexity index is 659. The smallest absolute Gasteiger partial charge is 0.175 e. The minimum Gasteiger partial charge on any atom is -0.311 e. The molecule has 0 fully saturated rings. The van der Waals surface area contributed by atoms with E-state index in [9.17, 15) is 8.42 Å². The van der Waals surface area contributed by atoms with E-state index in [-0.39, 0.29) is 6.04 Å². The molecule has 18 heavy (non-hydrogen) atoms. The molecule has 0 saturated heterocycles. The zero-order valence-corrected chi connectivity index (χ0v) is 11.3. The van der Waals surface area contributed by atoms with Crippen LogP contribution in [0.3, 0.4) is 0 Å². The second-order valence-corrected chi connectivity index (χ2v) is 6.47. The molecule has 2 aromatic rings. The minimum absolute atomic E-state index is 0.219. The molecule has 0 aliphatic rings. The van der Waals surface area contributed by atoms with Crippen LogP contribution >= 0.6 is 0 Å². The summed E-state index contributed by atoms with van der Waals surface area (Å²) < 4.78 is 25.0. The first kappa shape index (κ1) is 12.8. The Balaban J connectivity index is 2.55. The van der Waals surface area contributed by atoms with Gasteiger partial charge in [-0.1, -0.05) is 12.1 Å². The number of rotatable bonds is 3. The van der Waals surface area contributed by atoms with E-state index in [1.807, 2.05) is 24.5 Å². The molecule has 1 heterocycles. The fourth-order valence-electron chi connectivity index (χ4n) is 1.69. The lowest BCUT2D eigenvalue weighted by Gasteiger charge is -2.10. The van der Waals surface area contributed by atoms with Crippen molar-refractivity contribution in [3.05, 3.63) is 30.6 Å². The minimum atomic E-state index is -3.21. The standard InChI is InChI=1S/C12H15N3O2S/c1-9(2)15-8-13-14-12(15)10-5-4-6-11(7-10)18(3,16)17/h4-9H,1-3H3. The molecule has 0 aliphatic heterocycles. The molecule has 0 bridgehead atoms. The Hall–Kier alpha value is -1.69. The molecule has 96 valence electrons. The van der Waals surface area contributed by atoms with Crippen LogP contribution in [-0.2, 0) is 9.84 Å². The first-order valence-electron chi connectivity index (χ1n) is 5.59. The normalized spacial score (nSPS) is 12.0. The van der Waals surface area contributed by atoms with Crippen LogP contribution in [0.1, 0.15) is 19.9 Å². The van der Waals surface area contributed by atoms with Crippen LogP contribution in [-0.4, -0.2) is 29.4 Å². The van der Waals surface area contributed by atoms with Crippen LogP contribution in [0.15, 0.2) is 35.5 Å². The highest BCUT2D eigenvalue weighted by atomic mass is 32.2. The average Bonchev–Trinajstić information content (AvgIpc) is 2.77. The van der Waals surface area contributed by atoms with Gasteiger partial charge in [-0.25, -0.2) is 8.42 Å². The third kappa shape index (κ3) is 2.43. The van der Waals surface area contributed by atoms with Crippen molar-refractivity contribution in [3.8, 4) is 11.4 Å². The molecule has 1 aromatic heterocycles. The Morgan fingerprint density at radius 3 is 2.61 bits per heavy atom. The maximum atomic E-state index is 11.5. The molecule has 6 heteroatoms. The average molecular weight is 265 g/mol. The lowest BCUT2D eigenvalue weighted by atomic mass is 10.2. The molecule has 2 rings (SSSR count). The molecule has 0 unspecified atom stereocenters. The Labute approximate surface area is 106 Å². The van der Waals surface area contributed by atoms with E-state index in [1.165, 1.54) is 6.26 Å². The van der Waals surface area contributed by atoms with E-state index in [4.69, 9.17) is 0 Å². The maximum absolute atomic E-state index is 11.5. The van der Waals surface area contributed by atoms with Gasteiger partial charge in [-0.3, -0.25) is 0 Å². The van der Waals surface area contributed by atoms with Crippen LogP contribution in [0.4, 0.5) is 0 Å². The van der Waals surface area contributed by atoms with Gasteiger partial charge in [0.05, 0.1) is 4.90 Å². The van der Waals surface area contributed by atoms with Gasteiger partial charge < -0.3 is 4.57 Å². The molecule has 5 nitrogen and oxygen atoms in total. The SMILES string of the molecule is CC(C)n1cnnc1-c1cccc(S(C)(=O)=O)c1. The number of hydrogen-bond acceptors (Lipinski definition) is 4. The molecule has 0 saturated carbocycles. The molecule has 0 amide bonds. The van der Waals surface area contributed by atoms with E-state index in [1.54, 1.807) is 24.5 Å². The van der Waals surface area contributed by atoms with Gasteiger partial charge in [0, 0.05) is 17.9 Å². The van der Waals surface area contributed by atoms with Crippen LogP contribution in [0, 0.1) is 0 Å². The van der Waals surface area contributed by atoms with Gasteiger partial charge in [-0.2, -0.15) is 0 Å². The van der Waals surface area contributed by atoms with Gasteiger partial charge in [0.1, 0.15) is 6.33 Å². The third-order valence-corrected chi connectivity index (χ3v) is 3.76. The summed E-state index contributed by atoms with van der Waals surface area (Å²) in [6.45, 7) is 4.04. The van der Waals surface area contributed by atoms with E-state index < -0.39 is 9.84 Å². The van der Waals surface area contributed by atoms with Crippen molar-refractivity contribution < 1.29 is 8.42 Å². The summed E-state index contributed by atoms with van der Waals surface area (Å²) in [7, 11) is -3.21. The Kier molecular flexibility index (Phi) is 3.21. The number of hydrogen-bond donors (Lipinski definition) is 0. The van der Waals surface area contributed by atoms with Crippen LogP contribution < -0.4 is 0 Å². The quantitative estimate of drug-likeness (QED) is 0.850. The zero-order valence-electron chi connectivity index (χ0n) is 10.5. The van der Waals surface area contributed by atoms with E-state index in [2.05, 4.69) is 10.2 Å². The van der Waals surface area contributed by atoms with Crippen molar-refractivity contribution in [2.75, 3.05) is 6.26 Å². The van der Waals surface area contributed by atoms with Gasteiger partial charge >= 0.3 is 0 Å². The maximum Gasteiger partial charge on any atom is 0.175 e. The topological polar surface area (TPSA) is 64.8 Å². The highest BCUT2D eigenvalue weighted by Gasteiger charge is 2.13. The van der Waals surface area contributed by atoms with Crippen LogP contribution in [0.2, 0.25) is 0 Å². The van der Waals surface area contributed by atoms with Crippen molar-refractivity contribution in [2.24, 2.45) is 0 Å². The molecule has 0 N–H and O–H groups in total. The van der Waals surface area contributed by atoms with Crippen LogP contribution in [0.5, 0.6) is 0 Å². The van der Waals surface area contributed by atoms with Crippen molar-refractivity contribution in [1.29, 1.82) is 0 Å². The molecular weight excluding hydrogens is 250 g/mol. The van der Waals surface area contributed by atoms with E-state index in [0.717, 1.165) is 5.56 Å². The predicted octanol–water partition coefficient (Wildman–Crippen LogP) is 1.93. The second-order valence-electron chi connectivity index (χ2n) is 4.46. The monoisotopic (exact) mass is 265 g/mol. The Morgan fingerprint density at radius 1 is 1.28 bits per heavy atom. The summed E-state index contributed by atoms with van der Waals surface area (Å²) in [5, 5.41) is 7.92. The number of sulfone groups is 1. The largest absolute Gasteiger partial charge is 0.311 e. The summed E-state index contributed by atoms with van der Waals surface area (Å²) in [4.78, 5) is 0.290. The highest BCUT2D eigenvalue weighted by Crippen LogP contribution is 2.22. The summed E-state index contributed by atoms with van der Waals surface area (Å²) >= 11 is 0. The van der Waals surface area contributed by atoms with Crippen molar-refractivity contribution in [2.45, 2.75) is 24.8 Å². The summed E-state index contributed by atoms with van der Waals surface area (Å²) in [6.07, 6.45) is 2.84. The molecule has 0 atom stereocenters. The van der Waals surface area contributed by atoms with E-state index >= 15 is 0 Å². The van der Waals surface area contributed by atoms with Gasteiger partial charge in [-0.15, -0.1) is 10.2 Å². The molecule has 0 spiro atoms. The van der Waals surface area contributed by atoms with E-state index in [0.29, 0.717) is 10.7 Å². The number of nitrogens with zero attached hydrogens (tertiary/aromatic N) is 3. The second kappa shape index (κ2) is 4.53. The first-order chi connectivity index (χ1) is 8.39. The first-order valence-corrected chi connectivity index (χ1v) is 7.48. The zero-order chi connectivity index (χ0) is 13.3. The number of aromatic nitrogens is 3. The fourth-order valence-corrected chi connectivity index (χ4v) is 2.36. The molecule has 1 aromatic carbocycles. The van der Waals surface area contributed by atoms with Gasteiger partial charge in [0.15, 0.2) is 15.7 Å². The lowest BCUT2D eigenvalue weighted by molar-refractivity contribution is 0.601. The van der Waals surface area contributed by atoms with Crippen molar-refractivity contribution in [3.63, 3.8) is 0 Å². The summed E-state index contributed by atoms with van der Waals surface area (Å²) in [6, 6.07) is 6.97. The van der Waals surface area contributed by atoms with Crippen LogP contribution in [0.25, 0.3) is 11.4 Å². The van der Waals surface area contributed by atoms with Gasteiger partial charge in [0.25, 0.3) is 0 Å². The Morgan fingerprint density at radius 2 is 2.00 bits per heavy atom. The van der Waals surface area contributed by atoms with Gasteiger partial charge in [-0.05, 0) is 26.0 Å². The fraction of sp³-hybridized carbons (Fsp3) is 0.333. The van der Waals surface area contributed by atoms with Gasteiger partial charge in [0.2, 0.25) is 0 Å². The predicted molar refractivity (Wildman–Crippen MR) is 69.0 cm³/mol. The molecule has 0 aliphatic carbocycles. The van der Waals surface area contributed by atoms with Crippen molar-refractivity contribution >= 4 is 9.84 Å². The summed E-state index contributed by atoms with van der Waals surface area (Å²) in [5.41, 5.74) is 0.754. The number of benzene rings is 1. The third-order valence-electron chi connectivity index (χ3n) is 2.65. The molecule has 0 radical (unpaired) electrons. The molecular formula is C12H15N3O2S. The highest BCUT2D eigenvalue weighted by molar-refractivity contribution is 7.90. The van der Waals surface area contributed by atoms with Crippen molar-refractivity contribution in [1.82, 2.24) is 14.8 Å². The lowest BCUT2D eigenvalue weighted by Crippen LogP contribution is -2.03.